The Morgan fingerprint density at radius 3 is 2.62 bits per heavy atom. The van der Waals surface area contributed by atoms with Gasteiger partial charge in [-0.2, -0.15) is 8.42 Å². The van der Waals surface area contributed by atoms with Crippen LogP contribution in [0.5, 0.6) is 5.75 Å². The molecule has 86 valence electrons. The van der Waals surface area contributed by atoms with Crippen LogP contribution in [0.4, 0.5) is 0 Å². The molecule has 0 aliphatic rings. The molecule has 0 aliphatic carbocycles. The van der Waals surface area contributed by atoms with Gasteiger partial charge in [0.15, 0.2) is 0 Å². The van der Waals surface area contributed by atoms with Gasteiger partial charge in [0.2, 0.25) is 0 Å². The van der Waals surface area contributed by atoms with Gasteiger partial charge in [-0.05, 0) is 24.6 Å². The first-order valence-corrected chi connectivity index (χ1v) is 6.29. The van der Waals surface area contributed by atoms with Gasteiger partial charge in [0, 0.05) is 10.6 Å². The van der Waals surface area contributed by atoms with E-state index in [0.717, 1.165) is 5.41 Å². The fraction of sp³-hybridized carbons (Fsp3) is 0.0909. The maximum absolute atomic E-state index is 11.2. The minimum Gasteiger partial charge on any atom is -0.379 e. The molecule has 0 atom stereocenters. The molecular formula is C11H11ClO3S. The molecule has 1 rings (SSSR count). The van der Waals surface area contributed by atoms with Crippen LogP contribution in [-0.2, 0) is 16.5 Å². The van der Waals surface area contributed by atoms with E-state index in [4.69, 9.17) is 15.8 Å². The second-order valence-electron chi connectivity index (χ2n) is 2.99. The molecule has 0 bridgehead atoms. The van der Waals surface area contributed by atoms with Gasteiger partial charge in [-0.3, -0.25) is 0 Å². The van der Waals surface area contributed by atoms with Crippen molar-refractivity contribution < 1.29 is 12.6 Å². The molecule has 3 nitrogen and oxygen atoms in total. The van der Waals surface area contributed by atoms with Crippen molar-refractivity contribution in [1.29, 1.82) is 0 Å². The molecule has 5 heteroatoms. The van der Waals surface area contributed by atoms with Crippen molar-refractivity contribution >= 4 is 21.7 Å². The second kappa shape index (κ2) is 5.18. The van der Waals surface area contributed by atoms with Crippen molar-refractivity contribution in [3.8, 4) is 5.75 Å². The van der Waals surface area contributed by atoms with Gasteiger partial charge in [-0.25, -0.2) is 0 Å². The highest BCUT2D eigenvalue weighted by atomic mass is 35.5. The summed E-state index contributed by atoms with van der Waals surface area (Å²) in [5.41, 5.74) is 0.660. The Kier molecular flexibility index (Phi) is 4.15. The minimum atomic E-state index is -3.74. The third-order valence-electron chi connectivity index (χ3n) is 1.80. The van der Waals surface area contributed by atoms with Crippen molar-refractivity contribution in [2.45, 2.75) is 6.42 Å². The largest absolute Gasteiger partial charge is 0.379 e. The summed E-state index contributed by atoms with van der Waals surface area (Å²) in [7, 11) is -3.74. The summed E-state index contributed by atoms with van der Waals surface area (Å²) in [5, 5.41) is 1.26. The quantitative estimate of drug-likeness (QED) is 0.602. The van der Waals surface area contributed by atoms with Crippen LogP contribution < -0.4 is 4.18 Å². The zero-order valence-corrected chi connectivity index (χ0v) is 10.1. The zero-order chi connectivity index (χ0) is 12.2. The summed E-state index contributed by atoms with van der Waals surface area (Å²) in [4.78, 5) is 0. The fourth-order valence-corrected chi connectivity index (χ4v) is 1.78. The monoisotopic (exact) mass is 258 g/mol. The first-order chi connectivity index (χ1) is 7.48. The van der Waals surface area contributed by atoms with Gasteiger partial charge in [0.1, 0.15) is 5.75 Å². The summed E-state index contributed by atoms with van der Waals surface area (Å²) in [6.45, 7) is 6.74. The van der Waals surface area contributed by atoms with Crippen LogP contribution in [0.2, 0.25) is 5.02 Å². The Labute approximate surface area is 100 Å². The lowest BCUT2D eigenvalue weighted by atomic mass is 10.1. The zero-order valence-electron chi connectivity index (χ0n) is 8.52. The maximum Gasteiger partial charge on any atom is 0.331 e. The Morgan fingerprint density at radius 1 is 1.38 bits per heavy atom. The van der Waals surface area contributed by atoms with Gasteiger partial charge < -0.3 is 4.18 Å². The lowest BCUT2D eigenvalue weighted by molar-refractivity contribution is 0.494. The van der Waals surface area contributed by atoms with E-state index in [-0.39, 0.29) is 5.75 Å². The summed E-state index contributed by atoms with van der Waals surface area (Å²) in [6, 6.07) is 4.70. The summed E-state index contributed by atoms with van der Waals surface area (Å²) >= 11 is 5.80. The van der Waals surface area contributed by atoms with E-state index < -0.39 is 10.1 Å². The molecule has 0 fully saturated rings. The molecule has 0 spiro atoms. The molecule has 0 radical (unpaired) electrons. The van der Waals surface area contributed by atoms with Crippen LogP contribution in [0.1, 0.15) is 5.56 Å². The van der Waals surface area contributed by atoms with Gasteiger partial charge >= 0.3 is 10.1 Å². The SMILES string of the molecule is C=CCc1cc(Cl)ccc1OS(=O)(=O)C=C. The summed E-state index contributed by atoms with van der Waals surface area (Å²) in [6.07, 6.45) is 2.11. The standard InChI is InChI=1S/C11H11ClO3S/c1-3-5-9-8-10(12)6-7-11(9)15-16(13,14)4-2/h3-4,6-8H,1-2,5H2. The Hall–Kier alpha value is -1.26. The van der Waals surface area contributed by atoms with E-state index in [9.17, 15) is 8.42 Å². The molecule has 0 N–H and O–H groups in total. The predicted octanol–water partition coefficient (Wildman–Crippen LogP) is 2.92. The number of halogens is 1. The highest BCUT2D eigenvalue weighted by Crippen LogP contribution is 2.25. The van der Waals surface area contributed by atoms with E-state index in [1.54, 1.807) is 18.2 Å². The van der Waals surface area contributed by atoms with E-state index in [0.29, 0.717) is 17.0 Å². The molecule has 1 aromatic rings. The molecule has 0 aromatic heterocycles. The van der Waals surface area contributed by atoms with Gasteiger partial charge in [-0.15, -0.1) is 6.58 Å². The molecule has 0 saturated carbocycles. The normalized spacial score (nSPS) is 10.8. The maximum atomic E-state index is 11.2. The van der Waals surface area contributed by atoms with Crippen molar-refractivity contribution in [2.24, 2.45) is 0 Å². The minimum absolute atomic E-state index is 0.240. The molecule has 0 amide bonds. The van der Waals surface area contributed by atoms with Gasteiger partial charge in [0.05, 0.1) is 5.41 Å². The highest BCUT2D eigenvalue weighted by Gasteiger charge is 2.11. The summed E-state index contributed by atoms with van der Waals surface area (Å²) in [5.74, 6) is 0.240. The molecule has 0 aliphatic heterocycles. The van der Waals surface area contributed by atoms with Crippen molar-refractivity contribution in [1.82, 2.24) is 0 Å². The van der Waals surface area contributed by atoms with Crippen LogP contribution in [0, 0.1) is 0 Å². The Morgan fingerprint density at radius 2 is 2.06 bits per heavy atom. The van der Waals surface area contributed by atoms with Crippen LogP contribution in [0.3, 0.4) is 0 Å². The molecule has 1 aromatic carbocycles. The lowest BCUT2D eigenvalue weighted by Gasteiger charge is -2.08. The van der Waals surface area contributed by atoms with Crippen LogP contribution in [-0.4, -0.2) is 8.42 Å². The first-order valence-electron chi connectivity index (χ1n) is 4.45. The third-order valence-corrected chi connectivity index (χ3v) is 2.85. The Balaban J connectivity index is 3.13. The number of rotatable bonds is 5. The number of benzene rings is 1. The van der Waals surface area contributed by atoms with E-state index in [2.05, 4.69) is 13.2 Å². The molecule has 0 heterocycles. The first kappa shape index (κ1) is 12.8. The fourth-order valence-electron chi connectivity index (χ4n) is 1.10. The lowest BCUT2D eigenvalue weighted by Crippen LogP contribution is -2.06. The third kappa shape index (κ3) is 3.40. The topological polar surface area (TPSA) is 43.4 Å². The number of hydrogen-bond acceptors (Lipinski definition) is 3. The summed E-state index contributed by atoms with van der Waals surface area (Å²) < 4.78 is 27.3. The molecule has 16 heavy (non-hydrogen) atoms. The highest BCUT2D eigenvalue weighted by molar-refractivity contribution is 7.90. The average molecular weight is 259 g/mol. The van der Waals surface area contributed by atoms with E-state index in [1.165, 1.54) is 6.07 Å². The van der Waals surface area contributed by atoms with Gasteiger partial charge in [-0.1, -0.05) is 24.3 Å². The smallest absolute Gasteiger partial charge is 0.331 e. The molecule has 0 saturated heterocycles. The second-order valence-corrected chi connectivity index (χ2v) is 4.91. The van der Waals surface area contributed by atoms with Crippen molar-refractivity contribution in [2.75, 3.05) is 0 Å². The van der Waals surface area contributed by atoms with Crippen molar-refractivity contribution in [3.63, 3.8) is 0 Å². The molecule has 0 unspecified atom stereocenters. The van der Waals surface area contributed by atoms with Crippen LogP contribution in [0.25, 0.3) is 0 Å². The van der Waals surface area contributed by atoms with E-state index >= 15 is 0 Å². The average Bonchev–Trinajstić information content (AvgIpc) is 2.22. The van der Waals surface area contributed by atoms with Crippen molar-refractivity contribution in [3.05, 3.63) is 53.4 Å². The van der Waals surface area contributed by atoms with Crippen LogP contribution >= 0.6 is 11.6 Å². The Bertz CT molecular complexity index is 506. The molecular weight excluding hydrogens is 248 g/mol. The number of hydrogen-bond donors (Lipinski definition) is 0. The van der Waals surface area contributed by atoms with Gasteiger partial charge in [0.25, 0.3) is 0 Å². The van der Waals surface area contributed by atoms with E-state index in [1.807, 2.05) is 0 Å². The number of allylic oxidation sites excluding steroid dienone is 1. The van der Waals surface area contributed by atoms with Crippen LogP contribution in [0.15, 0.2) is 42.8 Å². The predicted molar refractivity (Wildman–Crippen MR) is 65.1 cm³/mol.